The molecule has 0 spiro atoms. The molecule has 1 aromatic heterocycles. The van der Waals surface area contributed by atoms with Gasteiger partial charge < -0.3 is 9.47 Å². The second kappa shape index (κ2) is 6.18. The monoisotopic (exact) mass is 296 g/mol. The number of amides is 1. The average molecular weight is 296 g/mol. The van der Waals surface area contributed by atoms with Crippen LogP contribution in [-0.4, -0.2) is 26.9 Å². The first-order valence-corrected chi connectivity index (χ1v) is 7.84. The van der Waals surface area contributed by atoms with Gasteiger partial charge in [-0.15, -0.1) is 0 Å². The normalized spacial score (nSPS) is 18.1. The van der Waals surface area contributed by atoms with E-state index < -0.39 is 0 Å². The van der Waals surface area contributed by atoms with Gasteiger partial charge in [-0.25, -0.2) is 4.98 Å². The Morgan fingerprint density at radius 2 is 2.23 bits per heavy atom. The molecule has 22 heavy (non-hydrogen) atoms. The van der Waals surface area contributed by atoms with E-state index in [2.05, 4.69) is 18.0 Å². The van der Waals surface area contributed by atoms with Gasteiger partial charge in [-0.3, -0.25) is 4.79 Å². The molecule has 0 N–H and O–H groups in total. The Morgan fingerprint density at radius 1 is 1.41 bits per heavy atom. The van der Waals surface area contributed by atoms with Crippen molar-refractivity contribution in [3.05, 3.63) is 30.1 Å². The number of imidazole rings is 1. The summed E-state index contributed by atoms with van der Waals surface area (Å²) in [5.41, 5.74) is 1.86. The van der Waals surface area contributed by atoms with Gasteiger partial charge in [-0.2, -0.15) is 5.26 Å². The topological polar surface area (TPSA) is 61.9 Å². The van der Waals surface area contributed by atoms with Crippen LogP contribution in [0.4, 0.5) is 0 Å². The number of likely N-dealkylation sites (tertiary alicyclic amines) is 1. The van der Waals surface area contributed by atoms with Crippen LogP contribution in [0.25, 0.3) is 11.0 Å². The molecule has 0 radical (unpaired) electrons. The van der Waals surface area contributed by atoms with Crippen LogP contribution in [0, 0.1) is 17.2 Å². The van der Waals surface area contributed by atoms with E-state index in [0.29, 0.717) is 6.67 Å². The zero-order chi connectivity index (χ0) is 15.5. The van der Waals surface area contributed by atoms with Gasteiger partial charge in [0.1, 0.15) is 5.82 Å². The SMILES string of the molecule is CCCC1CCN(Cn2c(CC#N)nc3ccccc32)C1=O. The minimum absolute atomic E-state index is 0.166. The molecule has 1 unspecified atom stereocenters. The fourth-order valence-corrected chi connectivity index (χ4v) is 3.22. The van der Waals surface area contributed by atoms with E-state index in [-0.39, 0.29) is 18.2 Å². The molecule has 1 amide bonds. The van der Waals surface area contributed by atoms with Crippen molar-refractivity contribution < 1.29 is 4.79 Å². The van der Waals surface area contributed by atoms with Crippen LogP contribution >= 0.6 is 0 Å². The molecular weight excluding hydrogens is 276 g/mol. The summed E-state index contributed by atoms with van der Waals surface area (Å²) in [4.78, 5) is 18.9. The van der Waals surface area contributed by atoms with E-state index in [9.17, 15) is 4.79 Å². The molecule has 1 saturated heterocycles. The highest BCUT2D eigenvalue weighted by atomic mass is 16.2. The van der Waals surface area contributed by atoms with Crippen molar-refractivity contribution in [1.29, 1.82) is 5.26 Å². The third kappa shape index (κ3) is 2.57. The Morgan fingerprint density at radius 3 is 3.00 bits per heavy atom. The molecule has 2 heterocycles. The van der Waals surface area contributed by atoms with Gasteiger partial charge in [0, 0.05) is 12.5 Å². The van der Waals surface area contributed by atoms with E-state index in [4.69, 9.17) is 5.26 Å². The Labute approximate surface area is 130 Å². The summed E-state index contributed by atoms with van der Waals surface area (Å²) in [6.45, 7) is 3.41. The first kappa shape index (κ1) is 14.6. The number of hydrogen-bond donors (Lipinski definition) is 0. The highest BCUT2D eigenvalue weighted by molar-refractivity contribution is 5.81. The van der Waals surface area contributed by atoms with Crippen molar-refractivity contribution in [3.8, 4) is 6.07 Å². The van der Waals surface area contributed by atoms with Crippen molar-refractivity contribution in [2.45, 2.75) is 39.3 Å². The van der Waals surface area contributed by atoms with Crippen molar-refractivity contribution >= 4 is 16.9 Å². The second-order valence-electron chi connectivity index (χ2n) is 5.80. The number of para-hydroxylation sites is 2. The fraction of sp³-hybridized carbons (Fsp3) is 0.471. The lowest BCUT2D eigenvalue weighted by molar-refractivity contribution is -0.132. The highest BCUT2D eigenvalue weighted by Crippen LogP contribution is 2.25. The molecule has 5 nitrogen and oxygen atoms in total. The maximum absolute atomic E-state index is 12.5. The molecule has 5 heteroatoms. The van der Waals surface area contributed by atoms with Gasteiger partial charge in [0.25, 0.3) is 0 Å². The molecule has 1 aliphatic rings. The van der Waals surface area contributed by atoms with Crippen LogP contribution in [0.2, 0.25) is 0 Å². The van der Waals surface area contributed by atoms with E-state index >= 15 is 0 Å². The number of rotatable bonds is 5. The number of fused-ring (bicyclic) bond motifs is 1. The number of nitriles is 1. The Kier molecular flexibility index (Phi) is 4.10. The lowest BCUT2D eigenvalue weighted by Crippen LogP contribution is -2.30. The molecule has 2 aromatic rings. The standard InChI is InChI=1S/C17H20N4O/c1-2-5-13-9-11-20(17(13)22)12-21-15-7-4-3-6-14(15)19-16(21)8-10-18/h3-4,6-7,13H,2,5,8-9,11-12H2,1H3. The maximum Gasteiger partial charge on any atom is 0.227 e. The lowest BCUT2D eigenvalue weighted by Gasteiger charge is -2.19. The largest absolute Gasteiger partial charge is 0.324 e. The Hall–Kier alpha value is -2.35. The predicted molar refractivity (Wildman–Crippen MR) is 83.8 cm³/mol. The minimum atomic E-state index is 0.166. The number of benzene rings is 1. The molecule has 114 valence electrons. The fourth-order valence-electron chi connectivity index (χ4n) is 3.22. The lowest BCUT2D eigenvalue weighted by atomic mass is 10.0. The highest BCUT2D eigenvalue weighted by Gasteiger charge is 2.31. The van der Waals surface area contributed by atoms with Crippen molar-refractivity contribution in [3.63, 3.8) is 0 Å². The number of aromatic nitrogens is 2. The molecular formula is C17H20N4O. The molecule has 1 aliphatic heterocycles. The molecule has 0 saturated carbocycles. The van der Waals surface area contributed by atoms with Crippen molar-refractivity contribution in [1.82, 2.24) is 14.5 Å². The second-order valence-corrected chi connectivity index (χ2v) is 5.80. The summed E-state index contributed by atoms with van der Waals surface area (Å²) in [7, 11) is 0. The smallest absolute Gasteiger partial charge is 0.227 e. The van der Waals surface area contributed by atoms with Crippen LogP contribution in [0.3, 0.4) is 0 Å². The summed E-state index contributed by atoms with van der Waals surface area (Å²) in [6, 6.07) is 10.00. The zero-order valence-electron chi connectivity index (χ0n) is 12.8. The van der Waals surface area contributed by atoms with Gasteiger partial charge in [-0.1, -0.05) is 25.5 Å². The van der Waals surface area contributed by atoms with E-state index in [1.54, 1.807) is 0 Å². The average Bonchev–Trinajstić information content (AvgIpc) is 3.04. The van der Waals surface area contributed by atoms with Crippen LogP contribution in [0.15, 0.2) is 24.3 Å². The van der Waals surface area contributed by atoms with Gasteiger partial charge in [-0.05, 0) is 25.0 Å². The summed E-state index contributed by atoms with van der Waals surface area (Å²) < 4.78 is 2.00. The Balaban J connectivity index is 1.89. The van der Waals surface area contributed by atoms with Crippen LogP contribution < -0.4 is 0 Å². The summed E-state index contributed by atoms with van der Waals surface area (Å²) in [5, 5.41) is 9.01. The minimum Gasteiger partial charge on any atom is -0.324 e. The van der Waals surface area contributed by atoms with Crippen LogP contribution in [0.1, 0.15) is 32.0 Å². The van der Waals surface area contributed by atoms with Crippen LogP contribution in [-0.2, 0) is 17.9 Å². The molecule has 0 aliphatic carbocycles. The van der Waals surface area contributed by atoms with Gasteiger partial charge in [0.15, 0.2) is 0 Å². The van der Waals surface area contributed by atoms with E-state index in [0.717, 1.165) is 42.7 Å². The number of carbonyl (C=O) groups excluding carboxylic acids is 1. The van der Waals surface area contributed by atoms with E-state index in [1.165, 1.54) is 0 Å². The number of nitrogens with zero attached hydrogens (tertiary/aromatic N) is 4. The van der Waals surface area contributed by atoms with Crippen molar-refractivity contribution in [2.24, 2.45) is 5.92 Å². The van der Waals surface area contributed by atoms with E-state index in [1.807, 2.05) is 33.7 Å². The third-order valence-corrected chi connectivity index (χ3v) is 4.33. The van der Waals surface area contributed by atoms with Crippen LogP contribution in [0.5, 0.6) is 0 Å². The van der Waals surface area contributed by atoms with Crippen molar-refractivity contribution in [2.75, 3.05) is 6.54 Å². The summed E-state index contributed by atoms with van der Waals surface area (Å²) in [5.74, 6) is 1.14. The summed E-state index contributed by atoms with van der Waals surface area (Å²) in [6.07, 6.45) is 3.20. The molecule has 3 rings (SSSR count). The maximum atomic E-state index is 12.5. The third-order valence-electron chi connectivity index (χ3n) is 4.33. The molecule has 0 bridgehead atoms. The zero-order valence-corrected chi connectivity index (χ0v) is 12.8. The summed E-state index contributed by atoms with van der Waals surface area (Å²) >= 11 is 0. The number of carbonyl (C=O) groups is 1. The first-order valence-electron chi connectivity index (χ1n) is 7.84. The molecule has 1 fully saturated rings. The number of hydrogen-bond acceptors (Lipinski definition) is 3. The predicted octanol–water partition coefficient (Wildman–Crippen LogP) is 2.71. The quantitative estimate of drug-likeness (QED) is 0.852. The van der Waals surface area contributed by atoms with Gasteiger partial charge >= 0.3 is 0 Å². The molecule has 1 atom stereocenters. The first-order chi connectivity index (χ1) is 10.7. The Bertz CT molecular complexity index is 728. The van der Waals surface area contributed by atoms with Gasteiger partial charge in [0.2, 0.25) is 5.91 Å². The van der Waals surface area contributed by atoms with Gasteiger partial charge in [0.05, 0.1) is 30.2 Å². The molecule has 1 aromatic carbocycles.